The molecule has 1 aliphatic rings. The Bertz CT molecular complexity index is 754. The van der Waals surface area contributed by atoms with Gasteiger partial charge < -0.3 is 19.9 Å². The van der Waals surface area contributed by atoms with Crippen molar-refractivity contribution in [3.05, 3.63) is 41.2 Å². The molecule has 0 atom stereocenters. The fourth-order valence-electron chi connectivity index (χ4n) is 3.14. The molecule has 7 nitrogen and oxygen atoms in total. The van der Waals surface area contributed by atoms with Gasteiger partial charge in [-0.3, -0.25) is 4.99 Å². The van der Waals surface area contributed by atoms with Crippen molar-refractivity contribution in [2.75, 3.05) is 45.2 Å². The Morgan fingerprint density at radius 3 is 2.70 bits per heavy atom. The quantitative estimate of drug-likeness (QED) is 0.604. The van der Waals surface area contributed by atoms with Gasteiger partial charge in [0.15, 0.2) is 5.96 Å². The van der Waals surface area contributed by atoms with Crippen molar-refractivity contribution in [3.8, 4) is 0 Å². The molecule has 0 bridgehead atoms. The van der Waals surface area contributed by atoms with Gasteiger partial charge >= 0.3 is 0 Å². The van der Waals surface area contributed by atoms with Crippen molar-refractivity contribution in [2.45, 2.75) is 26.5 Å². The van der Waals surface area contributed by atoms with Crippen LogP contribution in [-0.2, 0) is 24.3 Å². The van der Waals surface area contributed by atoms with Gasteiger partial charge in [-0.1, -0.05) is 31.2 Å². The number of guanidine groups is 1. The standard InChI is InChI=1S/C19H28N6OS/c1-4-17-22-19(27-23-17)25-10-8-24(9-11-25)18(20-2)21-13-15-6-5-7-16(12-15)14-26-3/h5-7,12H,4,8-11,13-14H2,1-3H3,(H,20,21). The smallest absolute Gasteiger partial charge is 0.205 e. The van der Waals surface area contributed by atoms with Crippen LogP contribution in [0.1, 0.15) is 23.9 Å². The number of methoxy groups -OCH3 is 1. The van der Waals surface area contributed by atoms with E-state index in [0.29, 0.717) is 6.61 Å². The van der Waals surface area contributed by atoms with E-state index in [1.807, 2.05) is 7.05 Å². The van der Waals surface area contributed by atoms with Crippen molar-refractivity contribution >= 4 is 22.6 Å². The Labute approximate surface area is 165 Å². The van der Waals surface area contributed by atoms with Gasteiger partial charge in [-0.05, 0) is 11.1 Å². The summed E-state index contributed by atoms with van der Waals surface area (Å²) in [5.74, 6) is 1.88. The molecule has 2 heterocycles. The van der Waals surface area contributed by atoms with Gasteiger partial charge in [-0.2, -0.15) is 4.37 Å². The molecule has 0 aliphatic carbocycles. The van der Waals surface area contributed by atoms with E-state index in [0.717, 1.165) is 56.1 Å². The van der Waals surface area contributed by atoms with Crippen molar-refractivity contribution in [3.63, 3.8) is 0 Å². The Kier molecular flexibility index (Phi) is 7.00. The molecule has 1 N–H and O–H groups in total. The molecule has 8 heteroatoms. The largest absolute Gasteiger partial charge is 0.380 e. The molecule has 0 spiro atoms. The summed E-state index contributed by atoms with van der Waals surface area (Å²) in [6.07, 6.45) is 0.888. The van der Waals surface area contributed by atoms with Crippen molar-refractivity contribution < 1.29 is 4.74 Å². The molecule has 0 saturated carbocycles. The zero-order valence-corrected chi connectivity index (χ0v) is 17.1. The van der Waals surface area contributed by atoms with Gasteiger partial charge in [0.05, 0.1) is 6.61 Å². The number of piperazine rings is 1. The van der Waals surface area contributed by atoms with Gasteiger partial charge in [-0.25, -0.2) is 4.98 Å². The molecule has 0 radical (unpaired) electrons. The minimum absolute atomic E-state index is 0.635. The van der Waals surface area contributed by atoms with Crippen LogP contribution in [0, 0.1) is 0 Å². The van der Waals surface area contributed by atoms with Crippen molar-refractivity contribution in [1.82, 2.24) is 19.6 Å². The number of hydrogen-bond acceptors (Lipinski definition) is 6. The molecule has 2 aromatic rings. The van der Waals surface area contributed by atoms with Crippen LogP contribution in [0.3, 0.4) is 0 Å². The lowest BCUT2D eigenvalue weighted by Crippen LogP contribution is -2.52. The van der Waals surface area contributed by atoms with E-state index in [1.165, 1.54) is 22.7 Å². The summed E-state index contributed by atoms with van der Waals surface area (Å²) in [5, 5.41) is 4.52. The SMILES string of the molecule is CCc1nsc(N2CCN(C(=NC)NCc3cccc(COC)c3)CC2)n1. The average Bonchev–Trinajstić information content (AvgIpc) is 3.19. The zero-order chi connectivity index (χ0) is 19.1. The second kappa shape index (κ2) is 9.66. The fraction of sp³-hybridized carbons (Fsp3) is 0.526. The number of nitrogens with one attached hydrogen (secondary N) is 1. The molecule has 0 unspecified atom stereocenters. The van der Waals surface area contributed by atoms with Crippen LogP contribution in [0.5, 0.6) is 0 Å². The number of hydrogen-bond donors (Lipinski definition) is 1. The van der Waals surface area contributed by atoms with Crippen LogP contribution in [0.25, 0.3) is 0 Å². The van der Waals surface area contributed by atoms with E-state index >= 15 is 0 Å². The highest BCUT2D eigenvalue weighted by Gasteiger charge is 2.21. The van der Waals surface area contributed by atoms with Crippen LogP contribution >= 0.6 is 11.5 Å². The van der Waals surface area contributed by atoms with E-state index < -0.39 is 0 Å². The maximum atomic E-state index is 5.21. The summed E-state index contributed by atoms with van der Waals surface area (Å²) >= 11 is 1.50. The number of ether oxygens (including phenoxy) is 1. The lowest BCUT2D eigenvalue weighted by atomic mass is 10.1. The van der Waals surface area contributed by atoms with Gasteiger partial charge in [-0.15, -0.1) is 0 Å². The number of aryl methyl sites for hydroxylation is 1. The maximum absolute atomic E-state index is 5.21. The molecule has 1 aromatic carbocycles. The maximum Gasteiger partial charge on any atom is 0.205 e. The predicted octanol–water partition coefficient (Wildman–Crippen LogP) is 2.14. The number of benzene rings is 1. The van der Waals surface area contributed by atoms with E-state index in [4.69, 9.17) is 4.74 Å². The minimum atomic E-state index is 0.635. The third-order valence-corrected chi connectivity index (χ3v) is 5.40. The second-order valence-electron chi connectivity index (χ2n) is 6.47. The molecule has 1 aromatic heterocycles. The normalized spacial score (nSPS) is 15.3. The molecule has 1 saturated heterocycles. The summed E-state index contributed by atoms with van der Waals surface area (Å²) in [5.41, 5.74) is 2.41. The average molecular weight is 389 g/mol. The third kappa shape index (κ3) is 5.17. The van der Waals surface area contributed by atoms with E-state index in [9.17, 15) is 0 Å². The summed E-state index contributed by atoms with van der Waals surface area (Å²) in [7, 11) is 3.56. The summed E-state index contributed by atoms with van der Waals surface area (Å²) < 4.78 is 9.61. The van der Waals surface area contributed by atoms with E-state index in [1.54, 1.807) is 7.11 Å². The van der Waals surface area contributed by atoms with Crippen molar-refractivity contribution in [1.29, 1.82) is 0 Å². The second-order valence-corrected chi connectivity index (χ2v) is 7.20. The van der Waals surface area contributed by atoms with Gasteiger partial charge in [0.25, 0.3) is 0 Å². The number of aliphatic imine (C=N–C) groups is 1. The van der Waals surface area contributed by atoms with Gasteiger partial charge in [0.1, 0.15) is 5.82 Å². The highest BCUT2D eigenvalue weighted by Crippen LogP contribution is 2.19. The highest BCUT2D eigenvalue weighted by molar-refractivity contribution is 7.09. The Hall–Kier alpha value is -2.19. The number of anilines is 1. The minimum Gasteiger partial charge on any atom is -0.380 e. The molecule has 146 valence electrons. The molecule has 0 amide bonds. The highest BCUT2D eigenvalue weighted by atomic mass is 32.1. The first-order chi connectivity index (χ1) is 13.2. The van der Waals surface area contributed by atoms with E-state index in [-0.39, 0.29) is 0 Å². The lowest BCUT2D eigenvalue weighted by Gasteiger charge is -2.36. The number of aromatic nitrogens is 2. The number of nitrogens with zero attached hydrogens (tertiary/aromatic N) is 5. The monoisotopic (exact) mass is 388 g/mol. The van der Waals surface area contributed by atoms with Crippen LogP contribution in [-0.4, -0.2) is 60.6 Å². The molecule has 1 aliphatic heterocycles. The van der Waals surface area contributed by atoms with Gasteiger partial charge in [0, 0.05) is 64.8 Å². The zero-order valence-electron chi connectivity index (χ0n) is 16.3. The first kappa shape index (κ1) is 19.6. The summed E-state index contributed by atoms with van der Waals surface area (Å²) in [6.45, 7) is 7.18. The molecular weight excluding hydrogens is 360 g/mol. The topological polar surface area (TPSA) is 65.9 Å². The van der Waals surface area contributed by atoms with E-state index in [2.05, 4.69) is 60.7 Å². The lowest BCUT2D eigenvalue weighted by molar-refractivity contribution is 0.185. The molecular formula is C19H28N6OS. The molecule has 1 fully saturated rings. The fourth-order valence-corrected chi connectivity index (χ4v) is 3.94. The summed E-state index contributed by atoms with van der Waals surface area (Å²) in [4.78, 5) is 13.7. The third-order valence-electron chi connectivity index (χ3n) is 4.59. The van der Waals surface area contributed by atoms with Crippen LogP contribution < -0.4 is 10.2 Å². The summed E-state index contributed by atoms with van der Waals surface area (Å²) in [6, 6.07) is 8.44. The first-order valence-electron chi connectivity index (χ1n) is 9.33. The molecule has 27 heavy (non-hydrogen) atoms. The first-order valence-corrected chi connectivity index (χ1v) is 10.1. The Balaban J connectivity index is 1.52. The van der Waals surface area contributed by atoms with Crippen LogP contribution in [0.2, 0.25) is 0 Å². The van der Waals surface area contributed by atoms with Crippen LogP contribution in [0.4, 0.5) is 5.13 Å². The van der Waals surface area contributed by atoms with Crippen LogP contribution in [0.15, 0.2) is 29.3 Å². The molecule has 3 rings (SSSR count). The number of rotatable bonds is 6. The Morgan fingerprint density at radius 1 is 1.26 bits per heavy atom. The Morgan fingerprint density at radius 2 is 2.04 bits per heavy atom. The van der Waals surface area contributed by atoms with Crippen molar-refractivity contribution in [2.24, 2.45) is 4.99 Å². The van der Waals surface area contributed by atoms with Gasteiger partial charge in [0.2, 0.25) is 5.13 Å². The predicted molar refractivity (Wildman–Crippen MR) is 110 cm³/mol.